The Labute approximate surface area is 120 Å². The molecular formula is C16H21N3O. The van der Waals surface area contributed by atoms with Gasteiger partial charge in [0.15, 0.2) is 0 Å². The smallest absolute Gasteiger partial charge is 0.149 e. The van der Waals surface area contributed by atoms with Crippen molar-refractivity contribution in [1.82, 2.24) is 15.3 Å². The van der Waals surface area contributed by atoms with Gasteiger partial charge in [-0.15, -0.1) is 0 Å². The highest BCUT2D eigenvalue weighted by molar-refractivity contribution is 5.38. The number of ether oxygens (including phenoxy) is 1. The third-order valence-corrected chi connectivity index (χ3v) is 3.04. The standard InChI is InChI=1S/C16H21N3O/c1-4-9-20-14-8-6-5-7-13(14)15(17-3)16-18-10-12(2)11-19-16/h5-8,10-11,15,17H,4,9H2,1-3H3. The predicted octanol–water partition coefficient (Wildman–Crippen LogP) is 2.88. The van der Waals surface area contributed by atoms with E-state index in [0.717, 1.165) is 29.1 Å². The van der Waals surface area contributed by atoms with Crippen molar-refractivity contribution in [2.75, 3.05) is 13.7 Å². The van der Waals surface area contributed by atoms with E-state index in [1.165, 1.54) is 0 Å². The second-order valence-electron chi connectivity index (χ2n) is 4.73. The van der Waals surface area contributed by atoms with Crippen molar-refractivity contribution in [3.8, 4) is 5.75 Å². The molecule has 0 saturated carbocycles. The molecule has 1 heterocycles. The van der Waals surface area contributed by atoms with Gasteiger partial charge in [-0.05, 0) is 32.0 Å². The fourth-order valence-corrected chi connectivity index (χ4v) is 2.04. The first-order chi connectivity index (χ1) is 9.76. The molecule has 1 aromatic heterocycles. The zero-order valence-corrected chi connectivity index (χ0v) is 12.3. The molecule has 2 aromatic rings. The lowest BCUT2D eigenvalue weighted by atomic mass is 10.0. The first kappa shape index (κ1) is 14.5. The van der Waals surface area contributed by atoms with Crippen LogP contribution in [0, 0.1) is 6.92 Å². The molecule has 0 amide bonds. The highest BCUT2D eigenvalue weighted by atomic mass is 16.5. The number of nitrogens with zero attached hydrogens (tertiary/aromatic N) is 2. The average Bonchev–Trinajstić information content (AvgIpc) is 2.49. The lowest BCUT2D eigenvalue weighted by Gasteiger charge is -2.19. The molecule has 2 rings (SSSR count). The van der Waals surface area contributed by atoms with E-state index in [4.69, 9.17) is 4.74 Å². The van der Waals surface area contributed by atoms with E-state index < -0.39 is 0 Å². The fraction of sp³-hybridized carbons (Fsp3) is 0.375. The minimum absolute atomic E-state index is 0.0661. The van der Waals surface area contributed by atoms with Gasteiger partial charge in [0, 0.05) is 18.0 Å². The van der Waals surface area contributed by atoms with Crippen LogP contribution < -0.4 is 10.1 Å². The van der Waals surface area contributed by atoms with Gasteiger partial charge in [0.1, 0.15) is 11.6 Å². The Morgan fingerprint density at radius 3 is 2.55 bits per heavy atom. The van der Waals surface area contributed by atoms with Gasteiger partial charge in [0.25, 0.3) is 0 Å². The predicted molar refractivity (Wildman–Crippen MR) is 79.9 cm³/mol. The number of rotatable bonds is 6. The van der Waals surface area contributed by atoms with Crippen LogP contribution in [-0.4, -0.2) is 23.6 Å². The zero-order valence-electron chi connectivity index (χ0n) is 12.3. The number of aryl methyl sites for hydroxylation is 1. The Morgan fingerprint density at radius 2 is 1.90 bits per heavy atom. The second kappa shape index (κ2) is 7.01. The van der Waals surface area contributed by atoms with Gasteiger partial charge in [-0.25, -0.2) is 9.97 Å². The highest BCUT2D eigenvalue weighted by Crippen LogP contribution is 2.28. The maximum Gasteiger partial charge on any atom is 0.149 e. The third kappa shape index (κ3) is 3.33. The van der Waals surface area contributed by atoms with Crippen molar-refractivity contribution in [3.63, 3.8) is 0 Å². The number of benzene rings is 1. The van der Waals surface area contributed by atoms with Crippen LogP contribution in [0.4, 0.5) is 0 Å². The molecule has 20 heavy (non-hydrogen) atoms. The van der Waals surface area contributed by atoms with Gasteiger partial charge < -0.3 is 10.1 Å². The Kier molecular flexibility index (Phi) is 5.07. The molecule has 1 aromatic carbocycles. The molecular weight excluding hydrogens is 250 g/mol. The SMILES string of the molecule is CCCOc1ccccc1C(NC)c1ncc(C)cn1. The van der Waals surface area contributed by atoms with Crippen LogP contribution >= 0.6 is 0 Å². The molecule has 0 fully saturated rings. The molecule has 1 N–H and O–H groups in total. The molecule has 1 unspecified atom stereocenters. The largest absolute Gasteiger partial charge is 0.493 e. The number of nitrogens with one attached hydrogen (secondary N) is 1. The van der Waals surface area contributed by atoms with E-state index in [9.17, 15) is 0 Å². The topological polar surface area (TPSA) is 47.0 Å². The van der Waals surface area contributed by atoms with Crippen LogP contribution in [0.15, 0.2) is 36.7 Å². The molecule has 4 nitrogen and oxygen atoms in total. The lowest BCUT2D eigenvalue weighted by molar-refractivity contribution is 0.311. The van der Waals surface area contributed by atoms with E-state index in [0.29, 0.717) is 6.61 Å². The summed E-state index contributed by atoms with van der Waals surface area (Å²) in [6, 6.07) is 7.96. The molecule has 0 spiro atoms. The van der Waals surface area contributed by atoms with Crippen molar-refractivity contribution in [1.29, 1.82) is 0 Å². The first-order valence-corrected chi connectivity index (χ1v) is 6.93. The Balaban J connectivity index is 2.33. The highest BCUT2D eigenvalue weighted by Gasteiger charge is 2.18. The summed E-state index contributed by atoms with van der Waals surface area (Å²) in [5, 5.41) is 3.27. The quantitative estimate of drug-likeness (QED) is 0.877. The normalized spacial score (nSPS) is 12.2. The van der Waals surface area contributed by atoms with E-state index >= 15 is 0 Å². The van der Waals surface area contributed by atoms with Gasteiger partial charge >= 0.3 is 0 Å². The summed E-state index contributed by atoms with van der Waals surface area (Å²) in [6.07, 6.45) is 4.66. The molecule has 0 radical (unpaired) electrons. The Bertz CT molecular complexity index is 540. The van der Waals surface area contributed by atoms with E-state index in [-0.39, 0.29) is 6.04 Å². The molecule has 0 saturated heterocycles. The van der Waals surface area contributed by atoms with Crippen molar-refractivity contribution in [3.05, 3.63) is 53.6 Å². The first-order valence-electron chi connectivity index (χ1n) is 6.93. The molecule has 1 atom stereocenters. The monoisotopic (exact) mass is 271 g/mol. The molecule has 4 heteroatoms. The minimum atomic E-state index is -0.0661. The lowest BCUT2D eigenvalue weighted by Crippen LogP contribution is -2.21. The number of hydrogen-bond donors (Lipinski definition) is 1. The number of para-hydroxylation sites is 1. The maximum atomic E-state index is 5.82. The van der Waals surface area contributed by atoms with Crippen LogP contribution in [0.25, 0.3) is 0 Å². The molecule has 0 aliphatic rings. The molecule has 0 aliphatic heterocycles. The number of aromatic nitrogens is 2. The minimum Gasteiger partial charge on any atom is -0.493 e. The summed E-state index contributed by atoms with van der Waals surface area (Å²) in [4.78, 5) is 8.84. The van der Waals surface area contributed by atoms with Crippen LogP contribution in [0.2, 0.25) is 0 Å². The summed E-state index contributed by atoms with van der Waals surface area (Å²) >= 11 is 0. The summed E-state index contributed by atoms with van der Waals surface area (Å²) < 4.78 is 5.82. The van der Waals surface area contributed by atoms with Crippen LogP contribution in [-0.2, 0) is 0 Å². The maximum absolute atomic E-state index is 5.82. The summed E-state index contributed by atoms with van der Waals surface area (Å²) in [5.74, 6) is 1.64. The van der Waals surface area contributed by atoms with Crippen LogP contribution in [0.1, 0.15) is 36.3 Å². The van der Waals surface area contributed by atoms with Crippen LogP contribution in [0.3, 0.4) is 0 Å². The Morgan fingerprint density at radius 1 is 1.20 bits per heavy atom. The zero-order chi connectivity index (χ0) is 14.4. The van der Waals surface area contributed by atoms with Gasteiger partial charge in [0.2, 0.25) is 0 Å². The number of hydrogen-bond acceptors (Lipinski definition) is 4. The molecule has 106 valence electrons. The van der Waals surface area contributed by atoms with Crippen molar-refractivity contribution >= 4 is 0 Å². The Hall–Kier alpha value is -1.94. The van der Waals surface area contributed by atoms with E-state index in [2.05, 4.69) is 28.3 Å². The van der Waals surface area contributed by atoms with Crippen LogP contribution in [0.5, 0.6) is 5.75 Å². The van der Waals surface area contributed by atoms with Crippen molar-refractivity contribution in [2.45, 2.75) is 26.3 Å². The van der Waals surface area contributed by atoms with E-state index in [1.807, 2.05) is 44.6 Å². The summed E-state index contributed by atoms with van der Waals surface area (Å²) in [7, 11) is 1.91. The van der Waals surface area contributed by atoms with Gasteiger partial charge in [-0.3, -0.25) is 0 Å². The van der Waals surface area contributed by atoms with Crippen molar-refractivity contribution in [2.24, 2.45) is 0 Å². The molecule has 0 bridgehead atoms. The van der Waals surface area contributed by atoms with Crippen molar-refractivity contribution < 1.29 is 4.74 Å². The van der Waals surface area contributed by atoms with Gasteiger partial charge in [-0.1, -0.05) is 25.1 Å². The molecule has 0 aliphatic carbocycles. The summed E-state index contributed by atoms with van der Waals surface area (Å²) in [6.45, 7) is 4.79. The van der Waals surface area contributed by atoms with Gasteiger partial charge in [-0.2, -0.15) is 0 Å². The average molecular weight is 271 g/mol. The third-order valence-electron chi connectivity index (χ3n) is 3.04. The summed E-state index contributed by atoms with van der Waals surface area (Å²) in [5.41, 5.74) is 2.12. The van der Waals surface area contributed by atoms with E-state index in [1.54, 1.807) is 0 Å². The second-order valence-corrected chi connectivity index (χ2v) is 4.73. The van der Waals surface area contributed by atoms with Gasteiger partial charge in [0.05, 0.1) is 12.6 Å². The fourth-order valence-electron chi connectivity index (χ4n) is 2.04.